The summed E-state index contributed by atoms with van der Waals surface area (Å²) >= 11 is 0. The van der Waals surface area contributed by atoms with E-state index in [0.29, 0.717) is 30.9 Å². The van der Waals surface area contributed by atoms with Crippen molar-refractivity contribution < 1.29 is 14.3 Å². The first kappa shape index (κ1) is 12.4. The van der Waals surface area contributed by atoms with Crippen molar-refractivity contribution >= 4 is 17.5 Å². The lowest BCUT2D eigenvalue weighted by Gasteiger charge is -2.14. The monoisotopic (exact) mass is 245 g/mol. The quantitative estimate of drug-likeness (QED) is 0.604. The molecule has 1 aromatic carbocycles. The van der Waals surface area contributed by atoms with Crippen molar-refractivity contribution in [3.63, 3.8) is 0 Å². The number of hydrogen-bond acceptors (Lipinski definition) is 3. The van der Waals surface area contributed by atoms with Crippen LogP contribution in [0.2, 0.25) is 0 Å². The van der Waals surface area contributed by atoms with Gasteiger partial charge in [-0.2, -0.15) is 0 Å². The number of nitrogens with zero attached hydrogens (tertiary/aromatic N) is 1. The third kappa shape index (κ3) is 2.59. The predicted molar refractivity (Wildman–Crippen MR) is 68.5 cm³/mol. The van der Waals surface area contributed by atoms with E-state index in [9.17, 15) is 9.59 Å². The summed E-state index contributed by atoms with van der Waals surface area (Å²) in [5.41, 5.74) is 1.54. The fraction of sp³-hybridized carbons (Fsp3) is 0.286. The summed E-state index contributed by atoms with van der Waals surface area (Å²) in [7, 11) is 0. The average Bonchev–Trinajstić information content (AvgIpc) is 2.67. The molecule has 0 atom stereocenters. The molecule has 0 spiro atoms. The first-order valence-electron chi connectivity index (χ1n) is 5.81. The number of anilines is 1. The molecule has 0 radical (unpaired) electrons. The maximum Gasteiger partial charge on any atom is 0.234 e. The van der Waals surface area contributed by atoms with Gasteiger partial charge in [0.2, 0.25) is 11.8 Å². The van der Waals surface area contributed by atoms with Gasteiger partial charge in [-0.15, -0.1) is 0 Å². The molecular weight excluding hydrogens is 230 g/mol. The maximum atomic E-state index is 11.5. The van der Waals surface area contributed by atoms with Crippen LogP contribution in [-0.2, 0) is 9.59 Å². The molecule has 18 heavy (non-hydrogen) atoms. The lowest BCUT2D eigenvalue weighted by atomic mass is 10.2. The topological polar surface area (TPSA) is 46.6 Å². The minimum atomic E-state index is -0.143. The second-order valence-corrected chi connectivity index (χ2v) is 4.36. The summed E-state index contributed by atoms with van der Waals surface area (Å²) in [6.45, 7) is 6.09. The molecular formula is C14H15NO3. The van der Waals surface area contributed by atoms with Crippen LogP contribution >= 0.6 is 0 Å². The highest BCUT2D eigenvalue weighted by atomic mass is 16.5. The summed E-state index contributed by atoms with van der Waals surface area (Å²) < 4.78 is 5.45. The molecule has 94 valence electrons. The Kier molecular flexibility index (Phi) is 3.46. The Hall–Kier alpha value is -2.10. The Labute approximate surface area is 106 Å². The van der Waals surface area contributed by atoms with Gasteiger partial charge in [0.25, 0.3) is 0 Å². The molecule has 1 aliphatic rings. The summed E-state index contributed by atoms with van der Waals surface area (Å²) in [6.07, 6.45) is 0.597. The van der Waals surface area contributed by atoms with Crippen LogP contribution < -0.4 is 9.64 Å². The van der Waals surface area contributed by atoms with Crippen LogP contribution in [0.4, 0.5) is 5.69 Å². The highest BCUT2D eigenvalue weighted by Gasteiger charge is 2.29. The minimum absolute atomic E-state index is 0.143. The number of ether oxygens (including phenoxy) is 1. The van der Waals surface area contributed by atoms with Crippen LogP contribution in [0.15, 0.2) is 36.4 Å². The average molecular weight is 245 g/mol. The Morgan fingerprint density at radius 2 is 1.78 bits per heavy atom. The number of amides is 2. The standard InChI is InChI=1S/C14H15NO3/c1-10(2)9-18-12-5-3-11(4-6-12)15-13(16)7-8-14(15)17/h3-6H,1,7-9H2,2H3. The first-order valence-corrected chi connectivity index (χ1v) is 5.81. The molecule has 0 unspecified atom stereocenters. The van der Waals surface area contributed by atoms with E-state index in [1.807, 2.05) is 6.92 Å². The van der Waals surface area contributed by atoms with Crippen LogP contribution in [0.3, 0.4) is 0 Å². The van der Waals surface area contributed by atoms with E-state index in [0.717, 1.165) is 5.57 Å². The van der Waals surface area contributed by atoms with Gasteiger partial charge in [0.05, 0.1) is 5.69 Å². The first-order chi connectivity index (χ1) is 8.58. The fourth-order valence-electron chi connectivity index (χ4n) is 1.76. The van der Waals surface area contributed by atoms with E-state index in [1.54, 1.807) is 24.3 Å². The number of imide groups is 1. The summed E-state index contributed by atoms with van der Waals surface area (Å²) in [5.74, 6) is 0.409. The summed E-state index contributed by atoms with van der Waals surface area (Å²) in [6, 6.07) is 6.93. The van der Waals surface area contributed by atoms with E-state index in [4.69, 9.17) is 4.74 Å². The number of benzene rings is 1. The fourth-order valence-corrected chi connectivity index (χ4v) is 1.76. The van der Waals surface area contributed by atoms with Crippen LogP contribution in [0, 0.1) is 0 Å². The third-order valence-electron chi connectivity index (χ3n) is 2.63. The zero-order valence-corrected chi connectivity index (χ0v) is 10.3. The molecule has 1 heterocycles. The SMILES string of the molecule is C=C(C)COc1ccc(N2C(=O)CCC2=O)cc1. The van der Waals surface area contributed by atoms with Gasteiger partial charge < -0.3 is 4.74 Å². The Balaban J connectivity index is 2.10. The van der Waals surface area contributed by atoms with E-state index in [2.05, 4.69) is 6.58 Å². The number of carbonyl (C=O) groups is 2. The van der Waals surface area contributed by atoms with E-state index in [1.165, 1.54) is 4.90 Å². The zero-order chi connectivity index (χ0) is 13.1. The molecule has 1 aromatic rings. The molecule has 1 aliphatic heterocycles. The lowest BCUT2D eigenvalue weighted by molar-refractivity contribution is -0.121. The van der Waals surface area contributed by atoms with Gasteiger partial charge in [0.1, 0.15) is 12.4 Å². The molecule has 1 saturated heterocycles. The normalized spacial score (nSPS) is 15.1. The van der Waals surface area contributed by atoms with Crippen LogP contribution in [0.1, 0.15) is 19.8 Å². The largest absolute Gasteiger partial charge is 0.489 e. The van der Waals surface area contributed by atoms with Crippen molar-refractivity contribution in [3.05, 3.63) is 36.4 Å². The molecule has 2 amide bonds. The predicted octanol–water partition coefficient (Wildman–Crippen LogP) is 2.29. The van der Waals surface area contributed by atoms with E-state index >= 15 is 0 Å². The van der Waals surface area contributed by atoms with Gasteiger partial charge in [-0.05, 0) is 36.8 Å². The zero-order valence-electron chi connectivity index (χ0n) is 10.3. The molecule has 0 N–H and O–H groups in total. The Morgan fingerprint density at radius 3 is 2.28 bits per heavy atom. The van der Waals surface area contributed by atoms with Gasteiger partial charge in [0.15, 0.2) is 0 Å². The van der Waals surface area contributed by atoms with Crippen LogP contribution in [0.5, 0.6) is 5.75 Å². The van der Waals surface area contributed by atoms with Crippen molar-refractivity contribution in [2.75, 3.05) is 11.5 Å². The van der Waals surface area contributed by atoms with E-state index in [-0.39, 0.29) is 11.8 Å². The van der Waals surface area contributed by atoms with Crippen molar-refractivity contribution in [3.8, 4) is 5.75 Å². The van der Waals surface area contributed by atoms with Crippen molar-refractivity contribution in [1.29, 1.82) is 0 Å². The molecule has 0 aromatic heterocycles. The van der Waals surface area contributed by atoms with Crippen LogP contribution in [0.25, 0.3) is 0 Å². The number of carbonyl (C=O) groups excluding carboxylic acids is 2. The van der Waals surface area contributed by atoms with Gasteiger partial charge in [-0.25, -0.2) is 0 Å². The molecule has 4 nitrogen and oxygen atoms in total. The summed E-state index contributed by atoms with van der Waals surface area (Å²) in [5, 5.41) is 0. The maximum absolute atomic E-state index is 11.5. The molecule has 0 bridgehead atoms. The highest BCUT2D eigenvalue weighted by molar-refractivity contribution is 6.19. The second kappa shape index (κ2) is 5.04. The van der Waals surface area contributed by atoms with Gasteiger partial charge >= 0.3 is 0 Å². The Morgan fingerprint density at radius 1 is 1.22 bits per heavy atom. The van der Waals surface area contributed by atoms with Gasteiger partial charge in [-0.3, -0.25) is 14.5 Å². The minimum Gasteiger partial charge on any atom is -0.489 e. The van der Waals surface area contributed by atoms with Crippen molar-refractivity contribution in [2.24, 2.45) is 0 Å². The number of hydrogen-bond donors (Lipinski definition) is 0. The highest BCUT2D eigenvalue weighted by Crippen LogP contribution is 2.24. The smallest absolute Gasteiger partial charge is 0.234 e. The molecule has 2 rings (SSSR count). The third-order valence-corrected chi connectivity index (χ3v) is 2.63. The van der Waals surface area contributed by atoms with Crippen LogP contribution in [-0.4, -0.2) is 18.4 Å². The van der Waals surface area contributed by atoms with Crippen molar-refractivity contribution in [1.82, 2.24) is 0 Å². The summed E-state index contributed by atoms with van der Waals surface area (Å²) in [4.78, 5) is 24.3. The molecule has 1 fully saturated rings. The molecule has 0 saturated carbocycles. The van der Waals surface area contributed by atoms with Gasteiger partial charge in [0, 0.05) is 12.8 Å². The second-order valence-electron chi connectivity index (χ2n) is 4.36. The van der Waals surface area contributed by atoms with E-state index < -0.39 is 0 Å². The molecule has 4 heteroatoms. The van der Waals surface area contributed by atoms with Crippen molar-refractivity contribution in [2.45, 2.75) is 19.8 Å². The lowest BCUT2D eigenvalue weighted by Crippen LogP contribution is -2.28. The Bertz CT molecular complexity index is 474. The van der Waals surface area contributed by atoms with Gasteiger partial charge in [-0.1, -0.05) is 6.58 Å². The number of rotatable bonds is 4. The molecule has 0 aliphatic carbocycles.